The lowest BCUT2D eigenvalue weighted by Crippen LogP contribution is -1.98. The molecular formula is C15H13ClFN3O. The van der Waals surface area contributed by atoms with Crippen LogP contribution in [0.15, 0.2) is 18.3 Å². The maximum atomic E-state index is 14.5. The molecule has 0 aliphatic heterocycles. The summed E-state index contributed by atoms with van der Waals surface area (Å²) in [5.74, 6) is -0.264. The van der Waals surface area contributed by atoms with Gasteiger partial charge in [0.25, 0.3) is 0 Å². The first-order valence-corrected chi connectivity index (χ1v) is 6.75. The van der Waals surface area contributed by atoms with Gasteiger partial charge in [-0.2, -0.15) is 0 Å². The standard InChI is InChI=1S/C15H13ClFN3O/c1-7-6-18-15-11(7)8(2)19-14(20-15)9-4-5-10(16)13(21-3)12(9)17/h4-6H,1-3H3,(H,18,19,20). The number of H-pyrrole nitrogens is 1. The van der Waals surface area contributed by atoms with Crippen LogP contribution in [-0.2, 0) is 0 Å². The second-order valence-corrected chi connectivity index (χ2v) is 5.18. The summed E-state index contributed by atoms with van der Waals surface area (Å²) in [4.78, 5) is 11.9. The first kappa shape index (κ1) is 13.8. The predicted octanol–water partition coefficient (Wildman–Crippen LogP) is 4.04. The van der Waals surface area contributed by atoms with Gasteiger partial charge < -0.3 is 9.72 Å². The lowest BCUT2D eigenvalue weighted by Gasteiger charge is -2.09. The third kappa shape index (κ3) is 2.14. The van der Waals surface area contributed by atoms with Crippen molar-refractivity contribution in [1.82, 2.24) is 15.0 Å². The highest BCUT2D eigenvalue weighted by molar-refractivity contribution is 6.32. The summed E-state index contributed by atoms with van der Waals surface area (Å²) in [6.45, 7) is 3.85. The fraction of sp³-hybridized carbons (Fsp3) is 0.200. The van der Waals surface area contributed by atoms with E-state index in [4.69, 9.17) is 16.3 Å². The summed E-state index contributed by atoms with van der Waals surface area (Å²) in [5, 5.41) is 1.17. The van der Waals surface area contributed by atoms with Crippen LogP contribution in [0.3, 0.4) is 0 Å². The second-order valence-electron chi connectivity index (χ2n) is 4.77. The fourth-order valence-corrected chi connectivity index (χ4v) is 2.63. The molecule has 0 aliphatic carbocycles. The number of benzene rings is 1. The SMILES string of the molecule is COc1c(Cl)ccc(-c2nc(C)c3c(C)c[nH]c3n2)c1F. The van der Waals surface area contributed by atoms with Crippen LogP contribution in [0.1, 0.15) is 11.3 Å². The molecular weight excluding hydrogens is 293 g/mol. The minimum absolute atomic E-state index is 0.00168. The van der Waals surface area contributed by atoms with Gasteiger partial charge in [-0.15, -0.1) is 0 Å². The van der Waals surface area contributed by atoms with Gasteiger partial charge in [0, 0.05) is 11.6 Å². The Balaban J connectivity index is 2.26. The molecule has 0 saturated heterocycles. The minimum atomic E-state index is -0.563. The molecule has 0 aliphatic rings. The Morgan fingerprint density at radius 2 is 2.00 bits per heavy atom. The Morgan fingerprint density at radius 3 is 2.71 bits per heavy atom. The van der Waals surface area contributed by atoms with E-state index in [0.29, 0.717) is 11.5 Å². The average Bonchev–Trinajstić information content (AvgIpc) is 2.81. The fourth-order valence-electron chi connectivity index (χ4n) is 2.41. The molecule has 0 radical (unpaired) electrons. The Labute approximate surface area is 125 Å². The van der Waals surface area contributed by atoms with Crippen molar-refractivity contribution in [2.45, 2.75) is 13.8 Å². The lowest BCUT2D eigenvalue weighted by molar-refractivity contribution is 0.387. The first-order valence-electron chi connectivity index (χ1n) is 6.37. The number of rotatable bonds is 2. The van der Waals surface area contributed by atoms with Crippen molar-refractivity contribution in [2.24, 2.45) is 0 Å². The normalized spacial score (nSPS) is 11.1. The zero-order chi connectivity index (χ0) is 15.1. The number of hydrogen-bond acceptors (Lipinski definition) is 3. The molecule has 0 saturated carbocycles. The number of aryl methyl sites for hydroxylation is 2. The van der Waals surface area contributed by atoms with Gasteiger partial charge in [0.2, 0.25) is 0 Å². The summed E-state index contributed by atoms with van der Waals surface area (Å²) in [7, 11) is 1.37. The van der Waals surface area contributed by atoms with Gasteiger partial charge in [0.05, 0.1) is 23.4 Å². The van der Waals surface area contributed by atoms with Crippen LogP contribution >= 0.6 is 11.6 Å². The predicted molar refractivity (Wildman–Crippen MR) is 80.3 cm³/mol. The van der Waals surface area contributed by atoms with E-state index >= 15 is 0 Å². The van der Waals surface area contributed by atoms with Crippen LogP contribution < -0.4 is 4.74 Å². The van der Waals surface area contributed by atoms with Gasteiger partial charge in [0.1, 0.15) is 5.65 Å². The third-order valence-corrected chi connectivity index (χ3v) is 3.70. The van der Waals surface area contributed by atoms with Gasteiger partial charge in [-0.1, -0.05) is 11.6 Å². The lowest BCUT2D eigenvalue weighted by atomic mass is 10.1. The van der Waals surface area contributed by atoms with E-state index in [2.05, 4.69) is 15.0 Å². The quantitative estimate of drug-likeness (QED) is 0.777. The molecule has 3 aromatic rings. The topological polar surface area (TPSA) is 50.8 Å². The maximum Gasteiger partial charge on any atom is 0.177 e. The van der Waals surface area contributed by atoms with Crippen LogP contribution in [0, 0.1) is 19.7 Å². The van der Waals surface area contributed by atoms with Crippen LogP contribution in [0.4, 0.5) is 4.39 Å². The number of methoxy groups -OCH3 is 1. The van der Waals surface area contributed by atoms with Crippen molar-refractivity contribution in [3.05, 3.63) is 40.4 Å². The number of nitrogens with zero attached hydrogens (tertiary/aromatic N) is 2. The number of halogens is 2. The molecule has 21 heavy (non-hydrogen) atoms. The van der Waals surface area contributed by atoms with Gasteiger partial charge >= 0.3 is 0 Å². The summed E-state index contributed by atoms with van der Waals surface area (Å²) in [5.41, 5.74) is 2.79. The first-order chi connectivity index (χ1) is 10.0. The number of fused-ring (bicyclic) bond motifs is 1. The van der Waals surface area contributed by atoms with Crippen LogP contribution in [0.2, 0.25) is 5.02 Å². The molecule has 108 valence electrons. The molecule has 2 heterocycles. The highest BCUT2D eigenvalue weighted by Gasteiger charge is 2.18. The smallest absolute Gasteiger partial charge is 0.177 e. The summed E-state index contributed by atoms with van der Waals surface area (Å²) < 4.78 is 19.4. The second kappa shape index (κ2) is 5.00. The van der Waals surface area contributed by atoms with Crippen molar-refractivity contribution in [2.75, 3.05) is 7.11 Å². The number of aromatic amines is 1. The Bertz CT molecular complexity index is 845. The van der Waals surface area contributed by atoms with E-state index in [1.807, 2.05) is 20.0 Å². The molecule has 0 atom stereocenters. The van der Waals surface area contributed by atoms with E-state index in [1.165, 1.54) is 7.11 Å². The summed E-state index contributed by atoms with van der Waals surface area (Å²) in [6.07, 6.45) is 1.86. The van der Waals surface area contributed by atoms with Gasteiger partial charge in [-0.25, -0.2) is 14.4 Å². The van der Waals surface area contributed by atoms with Crippen molar-refractivity contribution < 1.29 is 9.13 Å². The number of nitrogens with one attached hydrogen (secondary N) is 1. The highest BCUT2D eigenvalue weighted by atomic mass is 35.5. The molecule has 0 amide bonds. The van der Waals surface area contributed by atoms with E-state index in [1.54, 1.807) is 12.1 Å². The molecule has 2 aromatic heterocycles. The molecule has 6 heteroatoms. The molecule has 0 fully saturated rings. The van der Waals surface area contributed by atoms with E-state index in [0.717, 1.165) is 16.6 Å². The van der Waals surface area contributed by atoms with Crippen LogP contribution in [0.5, 0.6) is 5.75 Å². The largest absolute Gasteiger partial charge is 0.492 e. The average molecular weight is 306 g/mol. The van der Waals surface area contributed by atoms with E-state index < -0.39 is 5.82 Å². The molecule has 0 unspecified atom stereocenters. The number of ether oxygens (including phenoxy) is 1. The Morgan fingerprint density at radius 1 is 1.24 bits per heavy atom. The van der Waals surface area contributed by atoms with Gasteiger partial charge in [-0.05, 0) is 31.5 Å². The Kier molecular flexibility index (Phi) is 3.29. The van der Waals surface area contributed by atoms with Crippen LogP contribution in [0.25, 0.3) is 22.4 Å². The van der Waals surface area contributed by atoms with Gasteiger partial charge in [-0.3, -0.25) is 0 Å². The molecule has 3 rings (SSSR count). The maximum absolute atomic E-state index is 14.5. The Hall–Kier alpha value is -2.14. The summed E-state index contributed by atoms with van der Waals surface area (Å²) >= 11 is 5.91. The molecule has 4 nitrogen and oxygen atoms in total. The zero-order valence-electron chi connectivity index (χ0n) is 11.8. The van der Waals surface area contributed by atoms with E-state index in [9.17, 15) is 4.39 Å². The molecule has 0 bridgehead atoms. The van der Waals surface area contributed by atoms with Crippen molar-refractivity contribution in [3.63, 3.8) is 0 Å². The van der Waals surface area contributed by atoms with Crippen LogP contribution in [-0.4, -0.2) is 22.1 Å². The summed E-state index contributed by atoms with van der Waals surface area (Å²) in [6, 6.07) is 3.12. The number of aromatic nitrogens is 3. The third-order valence-electron chi connectivity index (χ3n) is 3.40. The zero-order valence-corrected chi connectivity index (χ0v) is 12.5. The molecule has 1 aromatic carbocycles. The van der Waals surface area contributed by atoms with E-state index in [-0.39, 0.29) is 16.3 Å². The minimum Gasteiger partial charge on any atom is -0.492 e. The van der Waals surface area contributed by atoms with Gasteiger partial charge in [0.15, 0.2) is 17.4 Å². The van der Waals surface area contributed by atoms with Crippen molar-refractivity contribution in [3.8, 4) is 17.1 Å². The molecule has 0 spiro atoms. The number of hydrogen-bond donors (Lipinski definition) is 1. The highest BCUT2D eigenvalue weighted by Crippen LogP contribution is 2.34. The molecule has 1 N–H and O–H groups in total. The van der Waals surface area contributed by atoms with Crippen molar-refractivity contribution in [1.29, 1.82) is 0 Å². The van der Waals surface area contributed by atoms with Crippen molar-refractivity contribution >= 4 is 22.6 Å². The monoisotopic (exact) mass is 305 g/mol.